The molecule has 0 radical (unpaired) electrons. The first-order valence-electron chi connectivity index (χ1n) is 9.02. The molecule has 2 aromatic carbocycles. The molecule has 0 saturated heterocycles. The first-order chi connectivity index (χ1) is 13.8. The van der Waals surface area contributed by atoms with E-state index >= 15 is 0 Å². The molecule has 0 bridgehead atoms. The molecule has 152 valence electrons. The second-order valence-corrected chi connectivity index (χ2v) is 8.30. The highest BCUT2D eigenvalue weighted by Crippen LogP contribution is 2.35. The van der Waals surface area contributed by atoms with Crippen LogP contribution in [0, 0.1) is 10.1 Å². The van der Waals surface area contributed by atoms with Gasteiger partial charge in [-0.2, -0.15) is 4.31 Å². The van der Waals surface area contributed by atoms with Crippen LogP contribution in [0.25, 0.3) is 0 Å². The molecule has 1 atom stereocenters. The van der Waals surface area contributed by atoms with Crippen LogP contribution < -0.4 is 0 Å². The van der Waals surface area contributed by atoms with Crippen LogP contribution in [-0.2, 0) is 19.6 Å². The largest absolute Gasteiger partial charge is 0.463 e. The maximum Gasteiger partial charge on any atom is 0.335 e. The number of carbonyl (C=O) groups is 1. The van der Waals surface area contributed by atoms with Gasteiger partial charge < -0.3 is 4.74 Å². The zero-order valence-corrected chi connectivity index (χ0v) is 16.5. The van der Waals surface area contributed by atoms with Gasteiger partial charge in [0.25, 0.3) is 5.69 Å². The Morgan fingerprint density at radius 2 is 1.83 bits per heavy atom. The van der Waals surface area contributed by atoms with Crippen molar-refractivity contribution in [3.05, 3.63) is 81.9 Å². The highest BCUT2D eigenvalue weighted by atomic mass is 32.2. The summed E-state index contributed by atoms with van der Waals surface area (Å²) < 4.78 is 33.0. The number of nitrogens with zero attached hydrogens (tertiary/aromatic N) is 2. The van der Waals surface area contributed by atoms with Crippen LogP contribution >= 0.6 is 0 Å². The summed E-state index contributed by atoms with van der Waals surface area (Å²) in [7, 11) is -4.02. The van der Waals surface area contributed by atoms with Gasteiger partial charge in [0, 0.05) is 24.3 Å². The number of hydrogen-bond donors (Lipinski definition) is 0. The fourth-order valence-electron chi connectivity index (χ4n) is 3.19. The van der Waals surface area contributed by atoms with E-state index in [1.807, 2.05) is 30.3 Å². The number of nitro benzene ring substituents is 1. The number of esters is 1. The van der Waals surface area contributed by atoms with Gasteiger partial charge in [0.1, 0.15) is 0 Å². The van der Waals surface area contributed by atoms with Crippen LogP contribution in [0.4, 0.5) is 5.69 Å². The molecular formula is C20H20N2O6S. The molecule has 0 saturated carbocycles. The zero-order chi connectivity index (χ0) is 21.0. The number of nitro groups is 1. The second-order valence-electron chi connectivity index (χ2n) is 6.41. The van der Waals surface area contributed by atoms with E-state index in [1.165, 1.54) is 16.4 Å². The van der Waals surface area contributed by atoms with Gasteiger partial charge in [-0.1, -0.05) is 36.4 Å². The standard InChI is InChI=1S/C20H20N2O6S/c1-2-28-20(23)16-8-13-19(15-6-4-3-5-7-15)21(14-16)29(26,27)18-11-9-17(10-12-18)22(24)25/h3-12,19H,2,13-14H2,1H3. The number of benzene rings is 2. The normalized spacial score (nSPS) is 17.4. The lowest BCUT2D eigenvalue weighted by atomic mass is 9.98. The molecule has 29 heavy (non-hydrogen) atoms. The van der Waals surface area contributed by atoms with E-state index in [-0.39, 0.29) is 29.3 Å². The molecule has 0 fully saturated rings. The third-order valence-electron chi connectivity index (χ3n) is 4.64. The van der Waals surface area contributed by atoms with E-state index in [1.54, 1.807) is 13.0 Å². The summed E-state index contributed by atoms with van der Waals surface area (Å²) in [5.74, 6) is -0.553. The molecule has 0 amide bonds. The molecule has 3 rings (SSSR count). The van der Waals surface area contributed by atoms with Gasteiger partial charge in [-0.15, -0.1) is 0 Å². The van der Waals surface area contributed by atoms with Gasteiger partial charge in [0.15, 0.2) is 0 Å². The van der Waals surface area contributed by atoms with Gasteiger partial charge in [0.05, 0.1) is 22.5 Å². The summed E-state index contributed by atoms with van der Waals surface area (Å²) >= 11 is 0. The van der Waals surface area contributed by atoms with Crippen molar-refractivity contribution in [2.24, 2.45) is 0 Å². The lowest BCUT2D eigenvalue weighted by Crippen LogP contribution is -2.40. The summed E-state index contributed by atoms with van der Waals surface area (Å²) in [5.41, 5.74) is 0.857. The average Bonchev–Trinajstić information content (AvgIpc) is 2.74. The molecule has 1 aliphatic heterocycles. The number of rotatable bonds is 6. The van der Waals surface area contributed by atoms with E-state index < -0.39 is 27.0 Å². The molecule has 0 aliphatic carbocycles. The predicted octanol–water partition coefficient (Wildman–Crippen LogP) is 3.22. The molecule has 0 spiro atoms. The summed E-state index contributed by atoms with van der Waals surface area (Å²) in [5, 5.41) is 10.9. The quantitative estimate of drug-likeness (QED) is 0.407. The number of carbonyl (C=O) groups excluding carboxylic acids is 1. The lowest BCUT2D eigenvalue weighted by Gasteiger charge is -2.34. The Bertz CT molecular complexity index is 1030. The molecule has 1 unspecified atom stereocenters. The van der Waals surface area contributed by atoms with Crippen molar-refractivity contribution in [1.29, 1.82) is 0 Å². The Morgan fingerprint density at radius 1 is 1.17 bits per heavy atom. The van der Waals surface area contributed by atoms with Crippen molar-refractivity contribution in [3.8, 4) is 0 Å². The third kappa shape index (κ3) is 4.36. The van der Waals surface area contributed by atoms with Crippen LogP contribution in [0.3, 0.4) is 0 Å². The monoisotopic (exact) mass is 416 g/mol. The van der Waals surface area contributed by atoms with Gasteiger partial charge >= 0.3 is 5.97 Å². The van der Waals surface area contributed by atoms with Gasteiger partial charge in [-0.05, 0) is 31.0 Å². The molecule has 1 heterocycles. The van der Waals surface area contributed by atoms with Gasteiger partial charge in [-0.25, -0.2) is 13.2 Å². The van der Waals surface area contributed by atoms with E-state index in [2.05, 4.69) is 0 Å². The van der Waals surface area contributed by atoms with Crippen LogP contribution in [0.2, 0.25) is 0 Å². The van der Waals surface area contributed by atoms with Crippen LogP contribution in [0.1, 0.15) is 24.9 Å². The van der Waals surface area contributed by atoms with Crippen molar-refractivity contribution < 1.29 is 22.9 Å². The van der Waals surface area contributed by atoms with Crippen molar-refractivity contribution >= 4 is 21.7 Å². The fourth-order valence-corrected chi connectivity index (χ4v) is 4.79. The number of non-ortho nitro benzene ring substituents is 1. The Kier molecular flexibility index (Phi) is 6.09. The predicted molar refractivity (Wildman–Crippen MR) is 106 cm³/mol. The first-order valence-corrected chi connectivity index (χ1v) is 10.5. The average molecular weight is 416 g/mol. The molecule has 0 aromatic heterocycles. The molecule has 8 nitrogen and oxygen atoms in total. The summed E-state index contributed by atoms with van der Waals surface area (Å²) in [6.07, 6.45) is 2.02. The Morgan fingerprint density at radius 3 is 2.41 bits per heavy atom. The third-order valence-corrected chi connectivity index (χ3v) is 6.51. The van der Waals surface area contributed by atoms with Crippen LogP contribution in [-0.4, -0.2) is 36.8 Å². The minimum Gasteiger partial charge on any atom is -0.463 e. The summed E-state index contributed by atoms with van der Waals surface area (Å²) in [6, 6.07) is 13.3. The SMILES string of the molecule is CCOC(=O)C1=CCC(c2ccccc2)N(S(=O)(=O)c2ccc([N+](=O)[O-])cc2)C1. The highest BCUT2D eigenvalue weighted by Gasteiger charge is 2.37. The first kappa shape index (κ1) is 20.7. The summed E-state index contributed by atoms with van der Waals surface area (Å²) in [6.45, 7) is 1.73. The van der Waals surface area contributed by atoms with Gasteiger partial charge in [-0.3, -0.25) is 10.1 Å². The number of sulfonamides is 1. The minimum absolute atomic E-state index is 0.0749. The lowest BCUT2D eigenvalue weighted by molar-refractivity contribution is -0.384. The topological polar surface area (TPSA) is 107 Å². The molecule has 9 heteroatoms. The smallest absolute Gasteiger partial charge is 0.335 e. The maximum absolute atomic E-state index is 13.4. The highest BCUT2D eigenvalue weighted by molar-refractivity contribution is 7.89. The Hall–Kier alpha value is -3.04. The maximum atomic E-state index is 13.4. The zero-order valence-electron chi connectivity index (χ0n) is 15.7. The Balaban J connectivity index is 2.01. The molecule has 2 aromatic rings. The van der Waals surface area contributed by atoms with Crippen LogP contribution in [0.5, 0.6) is 0 Å². The minimum atomic E-state index is -4.02. The van der Waals surface area contributed by atoms with Crippen molar-refractivity contribution in [3.63, 3.8) is 0 Å². The molecule has 0 N–H and O–H groups in total. The van der Waals surface area contributed by atoms with Crippen LogP contribution in [0.15, 0.2) is 71.1 Å². The van der Waals surface area contributed by atoms with Crippen molar-refractivity contribution in [2.75, 3.05) is 13.2 Å². The van der Waals surface area contributed by atoms with E-state index in [4.69, 9.17) is 4.74 Å². The number of hydrogen-bond acceptors (Lipinski definition) is 6. The fraction of sp³-hybridized carbons (Fsp3) is 0.250. The van der Waals surface area contributed by atoms with E-state index in [0.29, 0.717) is 6.42 Å². The number of ether oxygens (including phenoxy) is 1. The summed E-state index contributed by atoms with van der Waals surface area (Å²) in [4.78, 5) is 22.4. The second kappa shape index (κ2) is 8.54. The van der Waals surface area contributed by atoms with Crippen molar-refractivity contribution in [1.82, 2.24) is 4.31 Å². The Labute approximate surface area is 168 Å². The van der Waals surface area contributed by atoms with Crippen molar-refractivity contribution in [2.45, 2.75) is 24.3 Å². The van der Waals surface area contributed by atoms with E-state index in [9.17, 15) is 23.3 Å². The molecular weight excluding hydrogens is 396 g/mol. The van der Waals surface area contributed by atoms with Gasteiger partial charge in [0.2, 0.25) is 10.0 Å². The molecule has 1 aliphatic rings. The van der Waals surface area contributed by atoms with E-state index in [0.717, 1.165) is 17.7 Å².